The normalized spacial score (nSPS) is 16.2. The lowest BCUT2D eigenvalue weighted by atomic mass is 10.1. The summed E-state index contributed by atoms with van der Waals surface area (Å²) in [5.41, 5.74) is 5.32. The van der Waals surface area contributed by atoms with Gasteiger partial charge in [0.1, 0.15) is 0 Å². The lowest BCUT2D eigenvalue weighted by Crippen LogP contribution is -1.82. The molecule has 0 saturated heterocycles. The number of thioether (sulfide) groups is 2. The van der Waals surface area contributed by atoms with Gasteiger partial charge in [-0.1, -0.05) is 60.7 Å². The predicted octanol–water partition coefficient (Wildman–Crippen LogP) is 7.10. The molecule has 0 aliphatic carbocycles. The van der Waals surface area contributed by atoms with Crippen LogP contribution in [0.2, 0.25) is 0 Å². The molecule has 3 aromatic rings. The Morgan fingerprint density at radius 2 is 0.920 bits per heavy atom. The first-order valence-electron chi connectivity index (χ1n) is 8.44. The van der Waals surface area contributed by atoms with Gasteiger partial charge in [0.05, 0.1) is 0 Å². The SMILES string of the molecule is C1=C\c2ccc(cc2)CSCc2ccc(s2)CSCc2ccc/1cc2. The average molecular weight is 381 g/mol. The van der Waals surface area contributed by atoms with Crippen molar-refractivity contribution in [3.63, 3.8) is 0 Å². The third kappa shape index (κ3) is 4.81. The van der Waals surface area contributed by atoms with E-state index in [1.165, 1.54) is 32.0 Å². The van der Waals surface area contributed by atoms with Gasteiger partial charge in [-0.05, 0) is 34.4 Å². The van der Waals surface area contributed by atoms with E-state index in [2.05, 4.69) is 72.8 Å². The van der Waals surface area contributed by atoms with E-state index in [4.69, 9.17) is 0 Å². The molecule has 0 nitrogen and oxygen atoms in total. The molecule has 0 fully saturated rings. The molecule has 0 radical (unpaired) electrons. The second-order valence-electron chi connectivity index (χ2n) is 6.17. The first kappa shape index (κ1) is 17.0. The van der Waals surface area contributed by atoms with Gasteiger partial charge >= 0.3 is 0 Å². The predicted molar refractivity (Wildman–Crippen MR) is 116 cm³/mol. The minimum Gasteiger partial charge on any atom is -0.152 e. The fraction of sp³-hybridized carbons (Fsp3) is 0.182. The average Bonchev–Trinajstić information content (AvgIpc) is 3.09. The van der Waals surface area contributed by atoms with Crippen molar-refractivity contribution < 1.29 is 0 Å². The molecule has 2 aromatic carbocycles. The highest BCUT2D eigenvalue weighted by Gasteiger charge is 2.03. The molecule has 3 aliphatic heterocycles. The van der Waals surface area contributed by atoms with Gasteiger partial charge in [-0.2, -0.15) is 23.5 Å². The van der Waals surface area contributed by atoms with E-state index in [0.717, 1.165) is 23.0 Å². The Morgan fingerprint density at radius 1 is 0.480 bits per heavy atom. The van der Waals surface area contributed by atoms with Crippen molar-refractivity contribution in [1.82, 2.24) is 0 Å². The van der Waals surface area contributed by atoms with E-state index in [9.17, 15) is 0 Å². The molecule has 3 aliphatic rings. The maximum atomic E-state index is 2.30. The third-order valence-electron chi connectivity index (χ3n) is 4.17. The smallest absolute Gasteiger partial charge is 0.0282 e. The van der Waals surface area contributed by atoms with Gasteiger partial charge < -0.3 is 0 Å². The highest BCUT2D eigenvalue weighted by atomic mass is 32.2. The maximum Gasteiger partial charge on any atom is 0.0282 e. The largest absolute Gasteiger partial charge is 0.152 e. The zero-order valence-electron chi connectivity index (χ0n) is 14.0. The fourth-order valence-corrected chi connectivity index (χ4v) is 5.99. The summed E-state index contributed by atoms with van der Waals surface area (Å²) in [4.78, 5) is 2.98. The van der Waals surface area contributed by atoms with Crippen LogP contribution in [0.1, 0.15) is 32.0 Å². The number of hydrogen-bond acceptors (Lipinski definition) is 3. The molecular weight excluding hydrogens is 360 g/mol. The quantitative estimate of drug-likeness (QED) is 0.408. The Bertz CT molecular complexity index is 772. The molecule has 0 saturated carbocycles. The molecule has 0 unspecified atom stereocenters. The molecule has 0 spiro atoms. The van der Waals surface area contributed by atoms with Crippen LogP contribution in [0.3, 0.4) is 0 Å². The summed E-state index contributed by atoms with van der Waals surface area (Å²) in [5, 5.41) is 0. The second-order valence-corrected chi connectivity index (χ2v) is 9.39. The van der Waals surface area contributed by atoms with E-state index in [-0.39, 0.29) is 0 Å². The van der Waals surface area contributed by atoms with Crippen LogP contribution < -0.4 is 0 Å². The highest BCUT2D eigenvalue weighted by Crippen LogP contribution is 2.28. The van der Waals surface area contributed by atoms with Crippen molar-refractivity contribution in [2.75, 3.05) is 0 Å². The van der Waals surface area contributed by atoms with Crippen molar-refractivity contribution >= 4 is 47.0 Å². The van der Waals surface area contributed by atoms with E-state index in [1.54, 1.807) is 0 Å². The Hall–Kier alpha value is -1.42. The minimum absolute atomic E-state index is 1.08. The van der Waals surface area contributed by atoms with Crippen LogP contribution in [-0.4, -0.2) is 0 Å². The van der Waals surface area contributed by atoms with Crippen LogP contribution in [0, 0.1) is 0 Å². The zero-order chi connectivity index (χ0) is 16.9. The molecular formula is C22H20S3. The molecule has 0 amide bonds. The molecule has 25 heavy (non-hydrogen) atoms. The fourth-order valence-electron chi connectivity index (χ4n) is 2.76. The summed E-state index contributed by atoms with van der Waals surface area (Å²) in [6, 6.07) is 22.5. The van der Waals surface area contributed by atoms with Crippen LogP contribution in [0.25, 0.3) is 12.2 Å². The van der Waals surface area contributed by atoms with E-state index >= 15 is 0 Å². The summed E-state index contributed by atoms with van der Waals surface area (Å²) in [5.74, 6) is 4.37. The molecule has 126 valence electrons. The van der Waals surface area contributed by atoms with Crippen LogP contribution in [0.4, 0.5) is 0 Å². The van der Waals surface area contributed by atoms with Gasteiger partial charge in [-0.3, -0.25) is 0 Å². The van der Waals surface area contributed by atoms with Gasteiger partial charge in [0.2, 0.25) is 0 Å². The molecule has 1 aromatic heterocycles. The molecule has 3 heteroatoms. The Labute approximate surface area is 162 Å². The van der Waals surface area contributed by atoms with Crippen molar-refractivity contribution in [2.45, 2.75) is 23.0 Å². The number of fused-ring (bicyclic) bond motifs is 2. The van der Waals surface area contributed by atoms with Crippen LogP contribution in [-0.2, 0) is 23.0 Å². The molecule has 0 N–H and O–H groups in total. The minimum atomic E-state index is 1.08. The van der Waals surface area contributed by atoms with Crippen molar-refractivity contribution in [2.24, 2.45) is 0 Å². The summed E-state index contributed by atoms with van der Waals surface area (Å²) in [6.07, 6.45) is 4.39. The van der Waals surface area contributed by atoms with Gasteiger partial charge in [-0.25, -0.2) is 0 Å². The lowest BCUT2D eigenvalue weighted by Gasteiger charge is -2.02. The lowest BCUT2D eigenvalue weighted by molar-refractivity contribution is 1.39. The van der Waals surface area contributed by atoms with Crippen molar-refractivity contribution in [3.05, 3.63) is 92.7 Å². The monoisotopic (exact) mass is 380 g/mol. The van der Waals surface area contributed by atoms with Gasteiger partial charge in [0.25, 0.3) is 0 Å². The first-order chi connectivity index (χ1) is 12.3. The maximum absolute atomic E-state index is 2.30. The summed E-state index contributed by atoms with van der Waals surface area (Å²) in [7, 11) is 0. The third-order valence-corrected chi connectivity index (χ3v) is 7.73. The van der Waals surface area contributed by atoms with Gasteiger partial charge in [0, 0.05) is 32.8 Å². The molecule has 4 heterocycles. The second kappa shape index (κ2) is 8.31. The number of rotatable bonds is 0. The Balaban J connectivity index is 1.57. The topological polar surface area (TPSA) is 0 Å². The van der Waals surface area contributed by atoms with E-state index < -0.39 is 0 Å². The van der Waals surface area contributed by atoms with Crippen molar-refractivity contribution in [3.8, 4) is 0 Å². The molecule has 6 rings (SSSR count). The summed E-state index contributed by atoms with van der Waals surface area (Å²) < 4.78 is 0. The highest BCUT2D eigenvalue weighted by molar-refractivity contribution is 7.98. The van der Waals surface area contributed by atoms with Crippen LogP contribution in [0.5, 0.6) is 0 Å². The summed E-state index contributed by atoms with van der Waals surface area (Å²) in [6.45, 7) is 0. The Morgan fingerprint density at radius 3 is 1.36 bits per heavy atom. The molecule has 0 atom stereocenters. The number of benzene rings is 2. The van der Waals surface area contributed by atoms with E-state index in [0.29, 0.717) is 0 Å². The Kier molecular flexibility index (Phi) is 5.65. The first-order valence-corrected chi connectivity index (χ1v) is 11.6. The number of hydrogen-bond donors (Lipinski definition) is 0. The van der Waals surface area contributed by atoms with E-state index in [1.807, 2.05) is 34.9 Å². The molecule has 6 bridgehead atoms. The summed E-state index contributed by atoms with van der Waals surface area (Å²) >= 11 is 5.97. The standard InChI is InChI=1S/C22H20S3/c1-2-18-5-9-20(10-6-18)14-24-16-22-12-11-21(25-22)15-23-13-19-7-3-17(1)4-8-19/h1-12H,13-16H2/b2-1-. The van der Waals surface area contributed by atoms with Crippen LogP contribution in [0.15, 0.2) is 60.7 Å². The zero-order valence-corrected chi connectivity index (χ0v) is 16.4. The van der Waals surface area contributed by atoms with Crippen molar-refractivity contribution in [1.29, 1.82) is 0 Å². The van der Waals surface area contributed by atoms with Crippen LogP contribution >= 0.6 is 34.9 Å². The van der Waals surface area contributed by atoms with Gasteiger partial charge in [-0.15, -0.1) is 11.3 Å². The van der Waals surface area contributed by atoms with Gasteiger partial charge in [0.15, 0.2) is 0 Å². The number of thiophene rings is 1.